The molecule has 1 saturated heterocycles. The van der Waals surface area contributed by atoms with Gasteiger partial charge in [-0.05, 0) is 13.8 Å². The summed E-state index contributed by atoms with van der Waals surface area (Å²) in [4.78, 5) is 25.2. The first kappa shape index (κ1) is 14.9. The van der Waals surface area contributed by atoms with Crippen LogP contribution in [0, 0.1) is 5.92 Å². The summed E-state index contributed by atoms with van der Waals surface area (Å²) < 4.78 is 15.8. The average molecular weight is 262 g/mol. The maximum absolute atomic E-state index is 11.2. The first-order chi connectivity index (χ1) is 8.43. The zero-order valence-corrected chi connectivity index (χ0v) is 10.5. The Balaban J connectivity index is 2.14. The highest BCUT2D eigenvalue weighted by Gasteiger charge is 2.28. The van der Waals surface area contributed by atoms with Crippen molar-refractivity contribution in [3.63, 3.8) is 0 Å². The zero-order chi connectivity index (χ0) is 13.6. The molecule has 0 radical (unpaired) electrons. The minimum Gasteiger partial charge on any atom is -0.465 e. The molecule has 0 atom stereocenters. The lowest BCUT2D eigenvalue weighted by Gasteiger charge is -2.34. The molecule has 0 aromatic heterocycles. The van der Waals surface area contributed by atoms with Crippen molar-refractivity contribution >= 4 is 11.9 Å². The summed E-state index contributed by atoms with van der Waals surface area (Å²) in [6.07, 6.45) is -0.334. The molecule has 0 unspecified atom stereocenters. The molecule has 1 fully saturated rings. The minimum atomic E-state index is -0.863. The van der Waals surface area contributed by atoms with Gasteiger partial charge < -0.3 is 19.1 Å². The Morgan fingerprint density at radius 3 is 2.33 bits per heavy atom. The predicted octanol–water partition coefficient (Wildman–Crippen LogP) is 0.725. The van der Waals surface area contributed by atoms with E-state index in [1.165, 1.54) is 0 Å². The molecule has 0 aromatic carbocycles. The van der Waals surface area contributed by atoms with Crippen LogP contribution >= 0.6 is 0 Å². The molecule has 0 bridgehead atoms. The molecule has 0 saturated carbocycles. The smallest absolute Gasteiger partial charge is 0.342 e. The number of esters is 1. The van der Waals surface area contributed by atoms with Crippen LogP contribution in [0.15, 0.2) is 0 Å². The largest absolute Gasteiger partial charge is 0.465 e. The van der Waals surface area contributed by atoms with E-state index in [2.05, 4.69) is 4.89 Å². The minimum absolute atomic E-state index is 0.00762. The van der Waals surface area contributed by atoms with Crippen molar-refractivity contribution in [2.75, 3.05) is 19.8 Å². The number of rotatable bonds is 5. The van der Waals surface area contributed by atoms with E-state index in [9.17, 15) is 9.59 Å². The number of hydrogen-bond acceptors (Lipinski definition) is 7. The molecule has 0 aromatic rings. The van der Waals surface area contributed by atoms with E-state index in [1.807, 2.05) is 13.8 Å². The van der Waals surface area contributed by atoms with E-state index in [1.54, 1.807) is 0 Å². The zero-order valence-electron chi connectivity index (χ0n) is 10.5. The van der Waals surface area contributed by atoms with E-state index in [0.717, 1.165) is 0 Å². The SMILES string of the molecule is CC1(C)OCC(COC(=O)CCC(=O)OO)CO1. The fourth-order valence-corrected chi connectivity index (χ4v) is 1.36. The fourth-order valence-electron chi connectivity index (χ4n) is 1.36. The van der Waals surface area contributed by atoms with Crippen LogP contribution < -0.4 is 0 Å². The van der Waals surface area contributed by atoms with Gasteiger partial charge in [-0.3, -0.25) is 4.79 Å². The van der Waals surface area contributed by atoms with Gasteiger partial charge in [0.25, 0.3) is 0 Å². The molecule has 1 aliphatic rings. The summed E-state index contributed by atoms with van der Waals surface area (Å²) >= 11 is 0. The Kier molecular flexibility index (Phi) is 5.52. The van der Waals surface area contributed by atoms with Gasteiger partial charge in [-0.25, -0.2) is 4.79 Å². The summed E-state index contributed by atoms with van der Waals surface area (Å²) in [5.74, 6) is -1.99. The summed E-state index contributed by atoms with van der Waals surface area (Å²) in [7, 11) is 0. The molecule has 0 aliphatic carbocycles. The van der Waals surface area contributed by atoms with Crippen LogP contribution in [0.5, 0.6) is 0 Å². The van der Waals surface area contributed by atoms with E-state index < -0.39 is 17.7 Å². The highest BCUT2D eigenvalue weighted by molar-refractivity contribution is 5.77. The van der Waals surface area contributed by atoms with Crippen molar-refractivity contribution in [3.05, 3.63) is 0 Å². The van der Waals surface area contributed by atoms with Crippen LogP contribution in [0.4, 0.5) is 0 Å². The Hall–Kier alpha value is -1.18. The van der Waals surface area contributed by atoms with E-state index in [0.29, 0.717) is 13.2 Å². The second-order valence-electron chi connectivity index (χ2n) is 4.53. The third-order valence-electron chi connectivity index (χ3n) is 2.45. The highest BCUT2D eigenvalue weighted by Crippen LogP contribution is 2.20. The molecule has 1 rings (SSSR count). The Labute approximate surface area is 105 Å². The number of carbonyl (C=O) groups excluding carboxylic acids is 2. The first-order valence-electron chi connectivity index (χ1n) is 5.71. The van der Waals surface area contributed by atoms with E-state index in [4.69, 9.17) is 19.5 Å². The van der Waals surface area contributed by atoms with Gasteiger partial charge in [0, 0.05) is 5.92 Å². The van der Waals surface area contributed by atoms with Crippen LogP contribution in [-0.2, 0) is 28.7 Å². The molecular formula is C11H18O7. The first-order valence-corrected chi connectivity index (χ1v) is 5.71. The van der Waals surface area contributed by atoms with Gasteiger partial charge in [-0.1, -0.05) is 0 Å². The quantitative estimate of drug-likeness (QED) is 0.443. The van der Waals surface area contributed by atoms with Crippen molar-refractivity contribution in [2.24, 2.45) is 5.92 Å². The maximum atomic E-state index is 11.2. The summed E-state index contributed by atoms with van der Waals surface area (Å²) in [6.45, 7) is 4.73. The van der Waals surface area contributed by atoms with Crippen molar-refractivity contribution < 1.29 is 33.9 Å². The lowest BCUT2D eigenvalue weighted by Crippen LogP contribution is -2.41. The molecule has 7 heteroatoms. The fraction of sp³-hybridized carbons (Fsp3) is 0.818. The van der Waals surface area contributed by atoms with Crippen LogP contribution in [0.3, 0.4) is 0 Å². The molecule has 1 N–H and O–H groups in total. The lowest BCUT2D eigenvalue weighted by molar-refractivity contribution is -0.265. The number of ether oxygens (including phenoxy) is 3. The van der Waals surface area contributed by atoms with Gasteiger partial charge in [0.1, 0.15) is 0 Å². The summed E-state index contributed by atoms with van der Waals surface area (Å²) in [6, 6.07) is 0. The van der Waals surface area contributed by atoms with Gasteiger partial charge in [-0.2, -0.15) is 5.26 Å². The van der Waals surface area contributed by atoms with Gasteiger partial charge in [0.05, 0.1) is 32.7 Å². The molecule has 1 aliphatic heterocycles. The van der Waals surface area contributed by atoms with E-state index >= 15 is 0 Å². The van der Waals surface area contributed by atoms with Crippen LogP contribution in [0.1, 0.15) is 26.7 Å². The van der Waals surface area contributed by atoms with Crippen molar-refractivity contribution in [1.82, 2.24) is 0 Å². The summed E-state index contributed by atoms with van der Waals surface area (Å²) in [5, 5.41) is 8.00. The third kappa shape index (κ3) is 5.44. The van der Waals surface area contributed by atoms with Crippen LogP contribution in [-0.4, -0.2) is 42.8 Å². The van der Waals surface area contributed by atoms with Gasteiger partial charge in [-0.15, -0.1) is 0 Å². The third-order valence-corrected chi connectivity index (χ3v) is 2.45. The standard InChI is InChI=1S/C11H18O7/c1-11(2)16-6-8(7-17-11)5-15-9(12)3-4-10(13)18-14/h8,14H,3-7H2,1-2H3. The predicted molar refractivity (Wildman–Crippen MR) is 58.4 cm³/mol. The van der Waals surface area contributed by atoms with Gasteiger partial charge >= 0.3 is 11.9 Å². The Bertz CT molecular complexity index is 290. The lowest BCUT2D eigenvalue weighted by atomic mass is 10.1. The van der Waals surface area contributed by atoms with Crippen molar-refractivity contribution in [1.29, 1.82) is 0 Å². The number of carbonyl (C=O) groups is 2. The van der Waals surface area contributed by atoms with Crippen molar-refractivity contribution in [3.8, 4) is 0 Å². The molecule has 104 valence electrons. The summed E-state index contributed by atoms with van der Waals surface area (Å²) in [5.41, 5.74) is 0. The van der Waals surface area contributed by atoms with Gasteiger partial charge in [0.2, 0.25) is 0 Å². The molecule has 0 amide bonds. The van der Waals surface area contributed by atoms with Crippen LogP contribution in [0.25, 0.3) is 0 Å². The monoisotopic (exact) mass is 262 g/mol. The second kappa shape index (κ2) is 6.67. The highest BCUT2D eigenvalue weighted by atomic mass is 17.1. The van der Waals surface area contributed by atoms with Crippen LogP contribution in [0.2, 0.25) is 0 Å². The topological polar surface area (TPSA) is 91.3 Å². The Morgan fingerprint density at radius 1 is 1.22 bits per heavy atom. The van der Waals surface area contributed by atoms with Gasteiger partial charge in [0.15, 0.2) is 5.79 Å². The Morgan fingerprint density at radius 2 is 1.78 bits per heavy atom. The second-order valence-corrected chi connectivity index (χ2v) is 4.53. The van der Waals surface area contributed by atoms with Crippen molar-refractivity contribution in [2.45, 2.75) is 32.5 Å². The van der Waals surface area contributed by atoms with E-state index in [-0.39, 0.29) is 25.4 Å². The molecule has 7 nitrogen and oxygen atoms in total. The average Bonchev–Trinajstić information content (AvgIpc) is 2.34. The molecule has 18 heavy (non-hydrogen) atoms. The normalized spacial score (nSPS) is 19.3. The molecule has 1 heterocycles. The molecule has 0 spiro atoms. The molecular weight excluding hydrogens is 244 g/mol. The number of hydrogen-bond donors (Lipinski definition) is 1. The maximum Gasteiger partial charge on any atom is 0.342 e.